The molecule has 8 nitrogen and oxygen atoms in total. The average molecular weight is 535 g/mol. The number of methoxy groups -OCH3 is 1. The number of nitrogens with one attached hydrogen (secondary N) is 2. The third kappa shape index (κ3) is 7.19. The summed E-state index contributed by atoms with van der Waals surface area (Å²) in [6.07, 6.45) is 1.36. The van der Waals surface area contributed by atoms with Gasteiger partial charge < -0.3 is 14.8 Å². The van der Waals surface area contributed by atoms with E-state index in [2.05, 4.69) is 15.8 Å². The van der Waals surface area contributed by atoms with Crippen LogP contribution >= 0.6 is 34.8 Å². The molecule has 3 aromatic rings. The number of amides is 2. The minimum absolute atomic E-state index is 0.146. The SMILES string of the molecule is COc1cc(C=NNC(=O)CNC(=O)c2ccccc2Cl)ccc1OC(=O)c1ccc(Cl)cc1Cl. The van der Waals surface area contributed by atoms with Crippen molar-refractivity contribution in [2.75, 3.05) is 13.7 Å². The summed E-state index contributed by atoms with van der Waals surface area (Å²) < 4.78 is 10.7. The monoisotopic (exact) mass is 533 g/mol. The van der Waals surface area contributed by atoms with Crippen molar-refractivity contribution in [2.24, 2.45) is 5.10 Å². The number of hydrazone groups is 1. The standard InChI is InChI=1S/C24H18Cl3N3O5/c1-34-21-10-14(6-9-20(21)35-24(33)17-8-7-15(25)11-19(17)27)12-29-30-22(31)13-28-23(32)16-4-2-3-5-18(16)26/h2-12H,13H2,1H3,(H,28,32)(H,30,31). The number of hydrogen-bond donors (Lipinski definition) is 2. The molecule has 11 heteroatoms. The molecular weight excluding hydrogens is 517 g/mol. The fourth-order valence-electron chi connectivity index (χ4n) is 2.78. The highest BCUT2D eigenvalue weighted by atomic mass is 35.5. The van der Waals surface area contributed by atoms with Gasteiger partial charge in [-0.25, -0.2) is 10.2 Å². The smallest absolute Gasteiger partial charge is 0.345 e. The van der Waals surface area contributed by atoms with Crippen molar-refractivity contribution in [3.63, 3.8) is 0 Å². The van der Waals surface area contributed by atoms with E-state index in [1.165, 1.54) is 37.6 Å². The first-order chi connectivity index (χ1) is 16.8. The minimum Gasteiger partial charge on any atom is -0.493 e. The van der Waals surface area contributed by atoms with Gasteiger partial charge in [-0.2, -0.15) is 5.10 Å². The zero-order valence-electron chi connectivity index (χ0n) is 18.2. The van der Waals surface area contributed by atoms with E-state index in [-0.39, 0.29) is 39.2 Å². The zero-order valence-corrected chi connectivity index (χ0v) is 20.4. The first-order valence-electron chi connectivity index (χ1n) is 9.98. The summed E-state index contributed by atoms with van der Waals surface area (Å²) in [6.45, 7) is -0.299. The van der Waals surface area contributed by atoms with E-state index in [4.69, 9.17) is 44.3 Å². The number of hydrogen-bond acceptors (Lipinski definition) is 6. The summed E-state index contributed by atoms with van der Waals surface area (Å²) in [6, 6.07) is 15.6. The number of carbonyl (C=O) groups is 3. The van der Waals surface area contributed by atoms with Crippen molar-refractivity contribution >= 4 is 58.8 Å². The predicted molar refractivity (Wildman–Crippen MR) is 134 cm³/mol. The van der Waals surface area contributed by atoms with Crippen LogP contribution in [0.4, 0.5) is 0 Å². The molecule has 0 spiro atoms. The fraction of sp³-hybridized carbons (Fsp3) is 0.0833. The molecule has 0 aliphatic heterocycles. The Labute approximate surface area is 215 Å². The summed E-state index contributed by atoms with van der Waals surface area (Å²) >= 11 is 17.9. The van der Waals surface area contributed by atoms with Gasteiger partial charge in [-0.15, -0.1) is 0 Å². The molecule has 0 saturated carbocycles. The number of halogens is 3. The van der Waals surface area contributed by atoms with Crippen LogP contribution in [0.25, 0.3) is 0 Å². The second kappa shape index (κ2) is 12.2. The van der Waals surface area contributed by atoms with Crippen molar-refractivity contribution in [2.45, 2.75) is 0 Å². The molecule has 180 valence electrons. The van der Waals surface area contributed by atoms with Crippen LogP contribution < -0.4 is 20.2 Å². The van der Waals surface area contributed by atoms with Crippen LogP contribution in [-0.2, 0) is 4.79 Å². The van der Waals surface area contributed by atoms with Crippen LogP contribution in [0, 0.1) is 0 Å². The highest BCUT2D eigenvalue weighted by Gasteiger charge is 2.16. The molecule has 2 amide bonds. The Hall–Kier alpha value is -3.59. The van der Waals surface area contributed by atoms with E-state index < -0.39 is 17.8 Å². The molecule has 0 aromatic heterocycles. The first kappa shape index (κ1) is 26.0. The molecule has 0 heterocycles. The van der Waals surface area contributed by atoms with Gasteiger partial charge in [0.1, 0.15) is 0 Å². The summed E-state index contributed by atoms with van der Waals surface area (Å²) in [7, 11) is 1.41. The van der Waals surface area contributed by atoms with Crippen LogP contribution in [0.15, 0.2) is 65.8 Å². The number of ether oxygens (including phenoxy) is 2. The largest absolute Gasteiger partial charge is 0.493 e. The van der Waals surface area contributed by atoms with Gasteiger partial charge in [-0.1, -0.05) is 46.9 Å². The Morgan fingerprint density at radius 2 is 1.69 bits per heavy atom. The van der Waals surface area contributed by atoms with Crippen molar-refractivity contribution in [1.29, 1.82) is 0 Å². The molecule has 0 saturated heterocycles. The topological polar surface area (TPSA) is 106 Å². The van der Waals surface area contributed by atoms with E-state index in [0.717, 1.165) is 0 Å². The molecule has 0 aliphatic carbocycles. The highest BCUT2D eigenvalue weighted by Crippen LogP contribution is 2.30. The molecule has 0 aliphatic rings. The van der Waals surface area contributed by atoms with E-state index in [0.29, 0.717) is 10.6 Å². The van der Waals surface area contributed by atoms with Crippen LogP contribution in [0.2, 0.25) is 15.1 Å². The Bertz CT molecular complexity index is 1300. The lowest BCUT2D eigenvalue weighted by molar-refractivity contribution is -0.120. The molecule has 2 N–H and O–H groups in total. The lowest BCUT2D eigenvalue weighted by atomic mass is 10.2. The number of esters is 1. The maximum absolute atomic E-state index is 12.4. The van der Waals surface area contributed by atoms with E-state index in [9.17, 15) is 14.4 Å². The second-order valence-electron chi connectivity index (χ2n) is 6.88. The molecular formula is C24H18Cl3N3O5. The third-order valence-corrected chi connectivity index (χ3v) is 5.35. The summed E-state index contributed by atoms with van der Waals surface area (Å²) in [5.41, 5.74) is 3.26. The zero-order chi connectivity index (χ0) is 25.4. The Kier molecular flexibility index (Phi) is 9.08. The van der Waals surface area contributed by atoms with Gasteiger partial charge in [-0.3, -0.25) is 9.59 Å². The van der Waals surface area contributed by atoms with Gasteiger partial charge >= 0.3 is 5.97 Å². The van der Waals surface area contributed by atoms with Gasteiger partial charge in [0.25, 0.3) is 11.8 Å². The average Bonchev–Trinajstić information content (AvgIpc) is 2.83. The molecule has 0 bridgehead atoms. The molecule has 0 atom stereocenters. The van der Waals surface area contributed by atoms with E-state index in [1.54, 1.807) is 36.4 Å². The lowest BCUT2D eigenvalue weighted by Gasteiger charge is -2.10. The number of nitrogens with zero attached hydrogens (tertiary/aromatic N) is 1. The fourth-order valence-corrected chi connectivity index (χ4v) is 3.49. The molecule has 3 aromatic carbocycles. The molecule has 0 fully saturated rings. The Morgan fingerprint density at radius 3 is 2.40 bits per heavy atom. The summed E-state index contributed by atoms with van der Waals surface area (Å²) in [5.74, 6) is -1.29. The van der Waals surface area contributed by atoms with Crippen LogP contribution in [0.1, 0.15) is 26.3 Å². The first-order valence-corrected chi connectivity index (χ1v) is 11.1. The molecule has 3 rings (SSSR count). The number of benzene rings is 3. The predicted octanol–water partition coefficient (Wildman–Crippen LogP) is 4.75. The number of carbonyl (C=O) groups excluding carboxylic acids is 3. The second-order valence-corrected chi connectivity index (χ2v) is 8.13. The van der Waals surface area contributed by atoms with Crippen LogP contribution in [0.5, 0.6) is 11.5 Å². The van der Waals surface area contributed by atoms with Crippen LogP contribution in [-0.4, -0.2) is 37.7 Å². The molecule has 35 heavy (non-hydrogen) atoms. The maximum atomic E-state index is 12.4. The lowest BCUT2D eigenvalue weighted by Crippen LogP contribution is -2.35. The third-order valence-electron chi connectivity index (χ3n) is 4.47. The van der Waals surface area contributed by atoms with Gasteiger partial charge in [0.2, 0.25) is 0 Å². The van der Waals surface area contributed by atoms with Crippen molar-refractivity contribution in [1.82, 2.24) is 10.7 Å². The molecule has 0 unspecified atom stereocenters. The Morgan fingerprint density at radius 1 is 0.914 bits per heavy atom. The molecule has 0 radical (unpaired) electrons. The van der Waals surface area contributed by atoms with Crippen molar-refractivity contribution in [3.05, 3.63) is 92.4 Å². The highest BCUT2D eigenvalue weighted by molar-refractivity contribution is 6.36. The quantitative estimate of drug-likeness (QED) is 0.188. The van der Waals surface area contributed by atoms with Gasteiger partial charge in [0.05, 0.1) is 41.0 Å². The van der Waals surface area contributed by atoms with Gasteiger partial charge in [0, 0.05) is 5.02 Å². The van der Waals surface area contributed by atoms with E-state index >= 15 is 0 Å². The summed E-state index contributed by atoms with van der Waals surface area (Å²) in [5, 5.41) is 7.13. The maximum Gasteiger partial charge on any atom is 0.345 e. The van der Waals surface area contributed by atoms with Crippen molar-refractivity contribution in [3.8, 4) is 11.5 Å². The Balaban J connectivity index is 1.57. The minimum atomic E-state index is -0.683. The number of rotatable bonds is 8. The van der Waals surface area contributed by atoms with Gasteiger partial charge in [-0.05, 0) is 54.1 Å². The van der Waals surface area contributed by atoms with E-state index in [1.807, 2.05) is 0 Å². The van der Waals surface area contributed by atoms with Crippen molar-refractivity contribution < 1.29 is 23.9 Å². The summed E-state index contributed by atoms with van der Waals surface area (Å²) in [4.78, 5) is 36.5. The van der Waals surface area contributed by atoms with Crippen LogP contribution in [0.3, 0.4) is 0 Å². The van der Waals surface area contributed by atoms with Gasteiger partial charge in [0.15, 0.2) is 11.5 Å². The normalized spacial score (nSPS) is 10.6.